The average Bonchev–Trinajstić information content (AvgIpc) is 2.44. The molecule has 1 unspecified atom stereocenters. The predicted molar refractivity (Wildman–Crippen MR) is 73.1 cm³/mol. The highest BCUT2D eigenvalue weighted by Crippen LogP contribution is 2.22. The number of aliphatic hydroxyl groups is 1. The molecule has 0 bridgehead atoms. The Morgan fingerprint density at radius 2 is 2.19 bits per heavy atom. The maximum absolute atomic E-state index is 12.4. The number of carboxylic acids is 1. The molecule has 1 atom stereocenters. The lowest BCUT2D eigenvalue weighted by atomic mass is 10.0. The molecular formula is C14H18N2O5. The van der Waals surface area contributed by atoms with E-state index in [0.29, 0.717) is 6.54 Å². The zero-order chi connectivity index (χ0) is 15.6. The number of pyridine rings is 1. The van der Waals surface area contributed by atoms with Crippen molar-refractivity contribution in [3.8, 4) is 0 Å². The fourth-order valence-electron chi connectivity index (χ4n) is 2.35. The van der Waals surface area contributed by atoms with Gasteiger partial charge >= 0.3 is 5.97 Å². The van der Waals surface area contributed by atoms with Crippen molar-refractivity contribution in [2.24, 2.45) is 0 Å². The van der Waals surface area contributed by atoms with E-state index >= 15 is 0 Å². The molecule has 0 radical (unpaired) electrons. The Kier molecular flexibility index (Phi) is 4.24. The Hall–Kier alpha value is -1.99. The van der Waals surface area contributed by atoms with Gasteiger partial charge in [-0.3, -0.25) is 9.78 Å². The van der Waals surface area contributed by atoms with Gasteiger partial charge in [-0.2, -0.15) is 0 Å². The number of hydrogen-bond donors (Lipinski definition) is 2. The van der Waals surface area contributed by atoms with Crippen LogP contribution in [-0.2, 0) is 4.74 Å². The number of aliphatic hydroxyl groups excluding tert-OH is 1. The Balaban J connectivity index is 2.16. The summed E-state index contributed by atoms with van der Waals surface area (Å²) < 4.78 is 5.65. The van der Waals surface area contributed by atoms with Crippen LogP contribution in [0.15, 0.2) is 18.3 Å². The minimum absolute atomic E-state index is 0.0297. The van der Waals surface area contributed by atoms with Gasteiger partial charge in [0.05, 0.1) is 23.9 Å². The Labute approximate surface area is 122 Å². The van der Waals surface area contributed by atoms with Crippen LogP contribution in [0.4, 0.5) is 0 Å². The highest BCUT2D eigenvalue weighted by Gasteiger charge is 2.35. The number of carboxylic acid groups (broad SMARTS) is 1. The molecule has 1 aliphatic heterocycles. The van der Waals surface area contributed by atoms with Crippen molar-refractivity contribution in [2.45, 2.75) is 25.6 Å². The van der Waals surface area contributed by atoms with Crippen molar-refractivity contribution in [1.82, 2.24) is 9.88 Å². The number of carbonyl (C=O) groups is 2. The first kappa shape index (κ1) is 15.4. The number of ether oxygens (including phenoxy) is 1. The lowest BCUT2D eigenvalue weighted by Crippen LogP contribution is -2.55. The summed E-state index contributed by atoms with van der Waals surface area (Å²) in [5.41, 5.74) is -0.348. The molecule has 1 aromatic heterocycles. The van der Waals surface area contributed by atoms with Crippen molar-refractivity contribution in [3.05, 3.63) is 29.6 Å². The second-order valence-electron chi connectivity index (χ2n) is 5.61. The third kappa shape index (κ3) is 3.56. The van der Waals surface area contributed by atoms with Gasteiger partial charge in [-0.25, -0.2) is 4.79 Å². The average molecular weight is 294 g/mol. The van der Waals surface area contributed by atoms with E-state index in [9.17, 15) is 14.7 Å². The molecule has 7 nitrogen and oxygen atoms in total. The van der Waals surface area contributed by atoms with Gasteiger partial charge in [0, 0.05) is 19.3 Å². The summed E-state index contributed by atoms with van der Waals surface area (Å²) in [6.07, 6.45) is 0.723. The highest BCUT2D eigenvalue weighted by atomic mass is 16.5. The maximum atomic E-state index is 12.4. The Morgan fingerprint density at radius 3 is 2.71 bits per heavy atom. The molecule has 1 amide bonds. The SMILES string of the molecule is CC1(C)CN(C(=O)c2ccc(C(=O)O)cn2)CC(CO)O1. The van der Waals surface area contributed by atoms with Crippen LogP contribution in [0, 0.1) is 0 Å². The number of hydrogen-bond acceptors (Lipinski definition) is 5. The second-order valence-corrected chi connectivity index (χ2v) is 5.61. The van der Waals surface area contributed by atoms with Gasteiger partial charge in [0.2, 0.25) is 0 Å². The third-order valence-electron chi connectivity index (χ3n) is 3.20. The van der Waals surface area contributed by atoms with Crippen LogP contribution in [-0.4, -0.2) is 63.4 Å². The quantitative estimate of drug-likeness (QED) is 0.836. The topological polar surface area (TPSA) is 100.0 Å². The van der Waals surface area contributed by atoms with Gasteiger partial charge in [-0.05, 0) is 26.0 Å². The van der Waals surface area contributed by atoms with Gasteiger partial charge in [0.1, 0.15) is 5.69 Å². The van der Waals surface area contributed by atoms with Crippen molar-refractivity contribution < 1.29 is 24.5 Å². The number of rotatable bonds is 3. The summed E-state index contributed by atoms with van der Waals surface area (Å²) in [7, 11) is 0. The first-order chi connectivity index (χ1) is 9.82. The first-order valence-corrected chi connectivity index (χ1v) is 6.60. The molecule has 2 rings (SSSR count). The Morgan fingerprint density at radius 1 is 1.48 bits per heavy atom. The largest absolute Gasteiger partial charge is 0.478 e. The van der Waals surface area contributed by atoms with Crippen molar-refractivity contribution in [1.29, 1.82) is 0 Å². The molecule has 0 saturated carbocycles. The molecule has 7 heteroatoms. The monoisotopic (exact) mass is 294 g/mol. The van der Waals surface area contributed by atoms with Gasteiger partial charge in [0.15, 0.2) is 0 Å². The summed E-state index contributed by atoms with van der Waals surface area (Å²) in [6, 6.07) is 2.74. The normalized spacial score (nSPS) is 21.1. The fraction of sp³-hybridized carbons (Fsp3) is 0.500. The third-order valence-corrected chi connectivity index (χ3v) is 3.20. The summed E-state index contributed by atoms with van der Waals surface area (Å²) in [6.45, 7) is 4.18. The molecule has 1 fully saturated rings. The molecule has 1 aliphatic rings. The van der Waals surface area contributed by atoms with Crippen molar-refractivity contribution in [2.75, 3.05) is 19.7 Å². The maximum Gasteiger partial charge on any atom is 0.337 e. The molecule has 2 N–H and O–H groups in total. The van der Waals surface area contributed by atoms with E-state index in [1.54, 1.807) is 4.90 Å². The zero-order valence-corrected chi connectivity index (χ0v) is 11.9. The van der Waals surface area contributed by atoms with Crippen LogP contribution in [0.3, 0.4) is 0 Å². The number of amides is 1. The van der Waals surface area contributed by atoms with E-state index in [1.165, 1.54) is 12.1 Å². The van der Waals surface area contributed by atoms with Gasteiger partial charge < -0.3 is 19.8 Å². The smallest absolute Gasteiger partial charge is 0.337 e. The van der Waals surface area contributed by atoms with Crippen LogP contribution >= 0.6 is 0 Å². The number of aromatic nitrogens is 1. The highest BCUT2D eigenvalue weighted by molar-refractivity contribution is 5.93. The molecule has 0 aromatic carbocycles. The van der Waals surface area contributed by atoms with Gasteiger partial charge in [-0.1, -0.05) is 0 Å². The zero-order valence-electron chi connectivity index (χ0n) is 11.9. The minimum Gasteiger partial charge on any atom is -0.478 e. The standard InChI is InChI=1S/C14H18N2O5/c1-14(2)8-16(6-10(7-17)21-14)12(18)11-4-3-9(5-15-11)13(19)20/h3-5,10,17H,6-8H2,1-2H3,(H,19,20). The van der Waals surface area contributed by atoms with E-state index in [1.807, 2.05) is 13.8 Å². The van der Waals surface area contributed by atoms with E-state index in [-0.39, 0.29) is 30.3 Å². The van der Waals surface area contributed by atoms with Crippen molar-refractivity contribution in [3.63, 3.8) is 0 Å². The lowest BCUT2D eigenvalue weighted by molar-refractivity contribution is -0.139. The summed E-state index contributed by atoms with van der Waals surface area (Å²) in [5, 5.41) is 18.1. The van der Waals surface area contributed by atoms with E-state index < -0.39 is 17.7 Å². The summed E-state index contributed by atoms with van der Waals surface area (Å²) in [4.78, 5) is 28.6. The lowest BCUT2D eigenvalue weighted by Gasteiger charge is -2.42. The predicted octanol–water partition coefficient (Wildman–Crippen LogP) is 0.392. The van der Waals surface area contributed by atoms with Crippen LogP contribution in [0.25, 0.3) is 0 Å². The number of nitrogens with zero attached hydrogens (tertiary/aromatic N) is 2. The molecule has 2 heterocycles. The van der Waals surface area contributed by atoms with E-state index in [2.05, 4.69) is 4.98 Å². The summed E-state index contributed by atoms with van der Waals surface area (Å²) >= 11 is 0. The molecular weight excluding hydrogens is 276 g/mol. The molecule has 1 saturated heterocycles. The minimum atomic E-state index is -1.09. The number of carbonyl (C=O) groups excluding carboxylic acids is 1. The van der Waals surface area contributed by atoms with E-state index in [4.69, 9.17) is 9.84 Å². The first-order valence-electron chi connectivity index (χ1n) is 6.60. The van der Waals surface area contributed by atoms with Crippen molar-refractivity contribution >= 4 is 11.9 Å². The van der Waals surface area contributed by atoms with Gasteiger partial charge in [-0.15, -0.1) is 0 Å². The molecule has 114 valence electrons. The molecule has 0 spiro atoms. The molecule has 1 aromatic rings. The van der Waals surface area contributed by atoms with Gasteiger partial charge in [0.25, 0.3) is 5.91 Å². The summed E-state index contributed by atoms with van der Waals surface area (Å²) in [5.74, 6) is -1.39. The number of aromatic carboxylic acids is 1. The van der Waals surface area contributed by atoms with Crippen LogP contribution in [0.1, 0.15) is 34.7 Å². The van der Waals surface area contributed by atoms with Crippen LogP contribution < -0.4 is 0 Å². The second kappa shape index (κ2) is 5.79. The molecule has 21 heavy (non-hydrogen) atoms. The molecule has 0 aliphatic carbocycles. The fourth-order valence-corrected chi connectivity index (χ4v) is 2.35. The number of morpholine rings is 1. The van der Waals surface area contributed by atoms with Crippen LogP contribution in [0.2, 0.25) is 0 Å². The van der Waals surface area contributed by atoms with Crippen LogP contribution in [0.5, 0.6) is 0 Å². The van der Waals surface area contributed by atoms with E-state index in [0.717, 1.165) is 6.20 Å². The Bertz CT molecular complexity index is 541.